The molecule has 0 radical (unpaired) electrons. The maximum Gasteiger partial charge on any atom is 0.163 e. The van der Waals surface area contributed by atoms with E-state index in [-0.39, 0.29) is 0 Å². The van der Waals surface area contributed by atoms with E-state index in [9.17, 15) is 0 Å². The summed E-state index contributed by atoms with van der Waals surface area (Å²) in [6, 6.07) is 32.9. The van der Waals surface area contributed by atoms with Crippen molar-refractivity contribution in [2.45, 2.75) is 6.55 Å². The van der Waals surface area contributed by atoms with Gasteiger partial charge in [0.25, 0.3) is 0 Å². The molecule has 0 saturated heterocycles. The van der Waals surface area contributed by atoms with Gasteiger partial charge in [-0.2, -0.15) is 0 Å². The maximum atomic E-state index is 2.48. The van der Waals surface area contributed by atoms with Crippen LogP contribution >= 0.6 is 0 Å². The predicted molar refractivity (Wildman–Crippen MR) is 97.0 cm³/mol. The van der Waals surface area contributed by atoms with Crippen LogP contribution in [-0.4, -0.2) is 14.8 Å². The van der Waals surface area contributed by atoms with E-state index in [1.165, 1.54) is 15.8 Å². The SMILES string of the molecule is C[Si](Bc1ccccc1)(c1ccccc1)c1ccccc1. The van der Waals surface area contributed by atoms with Crippen LogP contribution in [0.1, 0.15) is 0 Å². The van der Waals surface area contributed by atoms with Gasteiger partial charge in [0, 0.05) is 0 Å². The minimum atomic E-state index is -1.74. The molecule has 3 rings (SSSR count). The Kier molecular flexibility index (Phi) is 4.07. The monoisotopic (exact) mass is 286 g/mol. The zero-order valence-corrected chi connectivity index (χ0v) is 13.4. The second kappa shape index (κ2) is 6.15. The highest BCUT2D eigenvalue weighted by Gasteiger charge is 2.32. The van der Waals surface area contributed by atoms with Crippen molar-refractivity contribution in [2.75, 3.05) is 0 Å². The summed E-state index contributed by atoms with van der Waals surface area (Å²) in [6.07, 6.45) is 0. The zero-order valence-electron chi connectivity index (χ0n) is 12.4. The second-order valence-corrected chi connectivity index (χ2v) is 9.90. The van der Waals surface area contributed by atoms with Crippen LogP contribution in [0.4, 0.5) is 0 Å². The molecule has 0 atom stereocenters. The molecule has 0 bridgehead atoms. The number of rotatable bonds is 4. The van der Waals surface area contributed by atoms with E-state index in [0.717, 1.165) is 6.87 Å². The van der Waals surface area contributed by atoms with Crippen LogP contribution in [0.25, 0.3) is 0 Å². The van der Waals surface area contributed by atoms with Gasteiger partial charge in [0.1, 0.15) is 0 Å². The molecule has 0 unspecified atom stereocenters. The minimum Gasteiger partial charge on any atom is -0.0864 e. The summed E-state index contributed by atoms with van der Waals surface area (Å²) in [5.41, 5.74) is 1.43. The highest BCUT2D eigenvalue weighted by molar-refractivity contribution is 7.40. The lowest BCUT2D eigenvalue weighted by molar-refractivity contribution is 1.71. The molecule has 0 heterocycles. The van der Waals surface area contributed by atoms with Crippen LogP contribution in [0.5, 0.6) is 0 Å². The van der Waals surface area contributed by atoms with Crippen LogP contribution in [0.2, 0.25) is 6.55 Å². The van der Waals surface area contributed by atoms with Crippen LogP contribution in [-0.2, 0) is 0 Å². The summed E-state index contributed by atoms with van der Waals surface area (Å²) in [7, 11) is -1.74. The third kappa shape index (κ3) is 3.01. The lowest BCUT2D eigenvalue weighted by Crippen LogP contribution is -2.63. The number of hydrogen-bond acceptors (Lipinski definition) is 0. The smallest absolute Gasteiger partial charge is 0.0864 e. The third-order valence-corrected chi connectivity index (χ3v) is 8.55. The van der Waals surface area contributed by atoms with Gasteiger partial charge in [-0.3, -0.25) is 0 Å². The van der Waals surface area contributed by atoms with Crippen molar-refractivity contribution in [3.8, 4) is 0 Å². The average molecular weight is 286 g/mol. The predicted octanol–water partition coefficient (Wildman–Crippen LogP) is 2.14. The summed E-state index contributed by atoms with van der Waals surface area (Å²) in [4.78, 5) is 0. The summed E-state index contributed by atoms with van der Waals surface area (Å²) < 4.78 is 0. The van der Waals surface area contributed by atoms with Crippen LogP contribution < -0.4 is 15.8 Å². The highest BCUT2D eigenvalue weighted by Crippen LogP contribution is 2.04. The fourth-order valence-electron chi connectivity index (χ4n) is 2.99. The Bertz CT molecular complexity index is 641. The van der Waals surface area contributed by atoms with Crippen molar-refractivity contribution in [1.82, 2.24) is 0 Å². The number of benzene rings is 3. The van der Waals surface area contributed by atoms with E-state index in [1.54, 1.807) is 0 Å². The van der Waals surface area contributed by atoms with Crippen molar-refractivity contribution in [2.24, 2.45) is 0 Å². The first-order chi connectivity index (χ1) is 10.3. The van der Waals surface area contributed by atoms with Gasteiger partial charge in [-0.1, -0.05) is 113 Å². The van der Waals surface area contributed by atoms with Gasteiger partial charge < -0.3 is 0 Å². The molecule has 3 aromatic rings. The van der Waals surface area contributed by atoms with E-state index in [1.807, 2.05) is 0 Å². The normalized spacial score (nSPS) is 11.1. The van der Waals surface area contributed by atoms with Gasteiger partial charge >= 0.3 is 0 Å². The first-order valence-electron chi connectivity index (χ1n) is 7.44. The molecular formula is C19H19BSi. The molecular weight excluding hydrogens is 267 g/mol. The topological polar surface area (TPSA) is 0 Å². The molecule has 0 saturated carbocycles. The van der Waals surface area contributed by atoms with Gasteiger partial charge in [0.05, 0.1) is 7.94 Å². The Morgan fingerprint density at radius 2 is 0.952 bits per heavy atom. The summed E-state index contributed by atoms with van der Waals surface area (Å²) in [5.74, 6) is 0. The summed E-state index contributed by atoms with van der Waals surface area (Å²) >= 11 is 0. The fraction of sp³-hybridized carbons (Fsp3) is 0.0526. The molecule has 0 aliphatic heterocycles. The van der Waals surface area contributed by atoms with Crippen LogP contribution in [0.15, 0.2) is 91.0 Å². The van der Waals surface area contributed by atoms with Gasteiger partial charge in [0.2, 0.25) is 0 Å². The van der Waals surface area contributed by atoms with Crippen molar-refractivity contribution >= 4 is 30.7 Å². The summed E-state index contributed by atoms with van der Waals surface area (Å²) in [6.45, 7) is 3.62. The molecule has 0 aliphatic rings. The van der Waals surface area contributed by atoms with Gasteiger partial charge in [-0.15, -0.1) is 0 Å². The molecule has 0 N–H and O–H groups in total. The van der Waals surface area contributed by atoms with E-state index >= 15 is 0 Å². The lowest BCUT2D eigenvalue weighted by atomic mass is 9.94. The van der Waals surface area contributed by atoms with Crippen molar-refractivity contribution in [3.05, 3.63) is 91.0 Å². The van der Waals surface area contributed by atoms with E-state index < -0.39 is 7.94 Å². The molecule has 0 aromatic heterocycles. The molecule has 2 heteroatoms. The van der Waals surface area contributed by atoms with E-state index in [4.69, 9.17) is 0 Å². The Morgan fingerprint density at radius 3 is 1.38 bits per heavy atom. The summed E-state index contributed by atoms with van der Waals surface area (Å²) in [5, 5.41) is 3.00. The lowest BCUT2D eigenvalue weighted by Gasteiger charge is -2.28. The molecule has 21 heavy (non-hydrogen) atoms. The van der Waals surface area contributed by atoms with Gasteiger partial charge in [-0.05, 0) is 0 Å². The Hall–Kier alpha value is -2.06. The second-order valence-electron chi connectivity index (χ2n) is 5.73. The molecule has 102 valence electrons. The van der Waals surface area contributed by atoms with Crippen molar-refractivity contribution in [3.63, 3.8) is 0 Å². The fourth-order valence-corrected chi connectivity index (χ4v) is 6.64. The zero-order chi connectivity index (χ0) is 14.5. The third-order valence-electron chi connectivity index (χ3n) is 4.22. The molecule has 0 amide bonds. The first kappa shape index (κ1) is 13.9. The largest absolute Gasteiger partial charge is 0.163 e. The molecule has 0 fully saturated rings. The average Bonchev–Trinajstić information content (AvgIpc) is 2.57. The van der Waals surface area contributed by atoms with Crippen LogP contribution in [0.3, 0.4) is 0 Å². The maximum absolute atomic E-state index is 2.48. The number of hydrogen-bond donors (Lipinski definition) is 0. The van der Waals surface area contributed by atoms with Crippen LogP contribution in [0, 0.1) is 0 Å². The Balaban J connectivity index is 2.07. The standard InChI is InChI=1S/C19H19BSi/c1-21(18-13-7-3-8-14-18,19-15-9-4-10-16-19)20-17-11-5-2-6-12-17/h2-16,20H,1H3. The van der Waals surface area contributed by atoms with Crippen molar-refractivity contribution in [1.29, 1.82) is 0 Å². The van der Waals surface area contributed by atoms with Gasteiger partial charge in [-0.25, -0.2) is 0 Å². The Morgan fingerprint density at radius 1 is 0.571 bits per heavy atom. The van der Waals surface area contributed by atoms with Crippen molar-refractivity contribution < 1.29 is 0 Å². The first-order valence-corrected chi connectivity index (χ1v) is 10.1. The molecule has 0 aliphatic carbocycles. The van der Waals surface area contributed by atoms with E-state index in [2.05, 4.69) is 97.5 Å². The molecule has 3 aromatic carbocycles. The quantitative estimate of drug-likeness (QED) is 0.645. The van der Waals surface area contributed by atoms with E-state index in [0.29, 0.717) is 0 Å². The van der Waals surface area contributed by atoms with Gasteiger partial charge in [0.15, 0.2) is 6.87 Å². The molecule has 0 spiro atoms. The molecule has 0 nitrogen and oxygen atoms in total. The Labute approximate surface area is 128 Å². The highest BCUT2D eigenvalue weighted by atomic mass is 28.3. The minimum absolute atomic E-state index is 1.14.